The quantitative estimate of drug-likeness (QED) is 0.352. The highest BCUT2D eigenvalue weighted by molar-refractivity contribution is 7.92. The SMILES string of the molecule is CCC(C)NC(=O)C(Cc1ccccc1)N(Cc1ccccc1)C(=O)CN(c1ccccc1Cl)S(C)(=O)=O. The lowest BCUT2D eigenvalue weighted by Gasteiger charge is -2.34. The third kappa shape index (κ3) is 8.07. The summed E-state index contributed by atoms with van der Waals surface area (Å²) in [4.78, 5) is 29.0. The molecule has 0 aliphatic carbocycles. The zero-order valence-electron chi connectivity index (χ0n) is 21.9. The first kappa shape index (κ1) is 29.2. The molecule has 3 aromatic rings. The van der Waals surface area contributed by atoms with E-state index < -0.39 is 28.5 Å². The molecule has 0 aliphatic heterocycles. The predicted molar refractivity (Wildman–Crippen MR) is 152 cm³/mol. The Morgan fingerprint density at radius 2 is 1.45 bits per heavy atom. The minimum absolute atomic E-state index is 0.0925. The number of benzene rings is 3. The van der Waals surface area contributed by atoms with E-state index in [0.29, 0.717) is 0 Å². The lowest BCUT2D eigenvalue weighted by Crippen LogP contribution is -2.54. The van der Waals surface area contributed by atoms with Crippen LogP contribution in [0.5, 0.6) is 0 Å². The Morgan fingerprint density at radius 1 is 0.895 bits per heavy atom. The zero-order chi connectivity index (χ0) is 27.7. The fourth-order valence-corrected chi connectivity index (χ4v) is 5.17. The molecule has 202 valence electrons. The van der Waals surface area contributed by atoms with Crippen LogP contribution in [0.1, 0.15) is 31.4 Å². The average Bonchev–Trinajstić information content (AvgIpc) is 2.90. The standard InChI is InChI=1S/C29H34ClN3O4S/c1-4-22(2)31-29(35)27(19-23-13-7-5-8-14-23)32(20-24-15-9-6-10-16-24)28(34)21-33(38(3,36)37)26-18-12-11-17-25(26)30/h5-18,22,27H,4,19-21H2,1-3H3,(H,31,35). The number of anilines is 1. The Morgan fingerprint density at radius 3 is 2.00 bits per heavy atom. The highest BCUT2D eigenvalue weighted by Gasteiger charge is 2.33. The summed E-state index contributed by atoms with van der Waals surface area (Å²) < 4.78 is 26.6. The normalized spacial score (nSPS) is 12.8. The molecule has 0 spiro atoms. The molecule has 0 aromatic heterocycles. The van der Waals surface area contributed by atoms with Gasteiger partial charge in [0.2, 0.25) is 21.8 Å². The largest absolute Gasteiger partial charge is 0.352 e. The lowest BCUT2D eigenvalue weighted by molar-refractivity contribution is -0.140. The van der Waals surface area contributed by atoms with E-state index >= 15 is 0 Å². The molecule has 2 amide bonds. The Kier molecular flexibility index (Phi) is 10.3. The highest BCUT2D eigenvalue weighted by Crippen LogP contribution is 2.27. The molecule has 0 radical (unpaired) electrons. The van der Waals surface area contributed by atoms with Crippen LogP contribution in [0.15, 0.2) is 84.9 Å². The molecule has 9 heteroatoms. The molecule has 3 rings (SSSR count). The van der Waals surface area contributed by atoms with Crippen molar-refractivity contribution >= 4 is 39.1 Å². The molecule has 0 fully saturated rings. The highest BCUT2D eigenvalue weighted by atomic mass is 35.5. The molecule has 0 bridgehead atoms. The zero-order valence-corrected chi connectivity index (χ0v) is 23.5. The van der Waals surface area contributed by atoms with Crippen molar-refractivity contribution in [2.75, 3.05) is 17.1 Å². The van der Waals surface area contributed by atoms with E-state index in [9.17, 15) is 18.0 Å². The van der Waals surface area contributed by atoms with E-state index in [4.69, 9.17) is 11.6 Å². The number of rotatable bonds is 12. The van der Waals surface area contributed by atoms with Gasteiger partial charge in [-0.3, -0.25) is 13.9 Å². The van der Waals surface area contributed by atoms with E-state index in [-0.39, 0.29) is 35.6 Å². The average molecular weight is 556 g/mol. The van der Waals surface area contributed by atoms with Gasteiger partial charge >= 0.3 is 0 Å². The second kappa shape index (κ2) is 13.4. The molecule has 2 unspecified atom stereocenters. The topological polar surface area (TPSA) is 86.8 Å². The Bertz CT molecular complexity index is 1320. The minimum Gasteiger partial charge on any atom is -0.352 e. The van der Waals surface area contributed by atoms with Crippen LogP contribution < -0.4 is 9.62 Å². The summed E-state index contributed by atoms with van der Waals surface area (Å²) in [7, 11) is -3.87. The van der Waals surface area contributed by atoms with E-state index in [1.165, 1.54) is 4.90 Å². The van der Waals surface area contributed by atoms with Gasteiger partial charge in [0.25, 0.3) is 0 Å². The first-order chi connectivity index (χ1) is 18.1. The molecule has 0 heterocycles. The summed E-state index contributed by atoms with van der Waals surface area (Å²) >= 11 is 6.32. The lowest BCUT2D eigenvalue weighted by atomic mass is 10.0. The van der Waals surface area contributed by atoms with E-state index in [2.05, 4.69) is 5.32 Å². The van der Waals surface area contributed by atoms with Gasteiger partial charge in [-0.25, -0.2) is 8.42 Å². The van der Waals surface area contributed by atoms with Gasteiger partial charge < -0.3 is 10.2 Å². The Hall–Kier alpha value is -3.36. The van der Waals surface area contributed by atoms with Gasteiger partial charge in [-0.2, -0.15) is 0 Å². The maximum absolute atomic E-state index is 14.0. The van der Waals surface area contributed by atoms with Crippen LogP contribution in [0.3, 0.4) is 0 Å². The van der Waals surface area contributed by atoms with E-state index in [0.717, 1.165) is 28.1 Å². The van der Waals surface area contributed by atoms with E-state index in [1.54, 1.807) is 24.3 Å². The van der Waals surface area contributed by atoms with Crippen LogP contribution >= 0.6 is 11.6 Å². The predicted octanol–water partition coefficient (Wildman–Crippen LogP) is 4.66. The fourth-order valence-electron chi connectivity index (χ4n) is 4.02. The number of hydrogen-bond donors (Lipinski definition) is 1. The molecule has 38 heavy (non-hydrogen) atoms. The number of amides is 2. The smallest absolute Gasteiger partial charge is 0.244 e. The number of para-hydroxylation sites is 1. The molecule has 7 nitrogen and oxygen atoms in total. The van der Waals surface area contributed by atoms with Gasteiger partial charge in [-0.1, -0.05) is 91.3 Å². The van der Waals surface area contributed by atoms with Gasteiger partial charge in [-0.15, -0.1) is 0 Å². The number of carbonyl (C=O) groups excluding carboxylic acids is 2. The molecular weight excluding hydrogens is 522 g/mol. The molecule has 3 aromatic carbocycles. The summed E-state index contributed by atoms with van der Waals surface area (Å²) in [5.74, 6) is -0.810. The molecule has 1 N–H and O–H groups in total. The summed E-state index contributed by atoms with van der Waals surface area (Å²) in [6.07, 6.45) is 2.03. The van der Waals surface area contributed by atoms with Crippen molar-refractivity contribution in [3.63, 3.8) is 0 Å². The Labute approximate surface area is 230 Å². The van der Waals surface area contributed by atoms with Crippen LogP contribution in [0.2, 0.25) is 5.02 Å². The summed E-state index contributed by atoms with van der Waals surface area (Å²) in [5, 5.41) is 3.21. The van der Waals surface area contributed by atoms with Crippen molar-refractivity contribution in [2.45, 2.75) is 45.3 Å². The van der Waals surface area contributed by atoms with Crippen LogP contribution in [0.4, 0.5) is 5.69 Å². The summed E-state index contributed by atoms with van der Waals surface area (Å²) in [6.45, 7) is 3.50. The maximum Gasteiger partial charge on any atom is 0.244 e. The van der Waals surface area contributed by atoms with Crippen LogP contribution in [-0.2, 0) is 32.6 Å². The first-order valence-corrected chi connectivity index (χ1v) is 14.7. The molecule has 0 aliphatic rings. The third-order valence-corrected chi connectivity index (χ3v) is 7.71. The molecule has 0 saturated heterocycles. The van der Waals surface area contributed by atoms with Crippen molar-refractivity contribution in [3.8, 4) is 0 Å². The van der Waals surface area contributed by atoms with Crippen LogP contribution in [0.25, 0.3) is 0 Å². The van der Waals surface area contributed by atoms with Gasteiger partial charge in [0.1, 0.15) is 12.6 Å². The number of sulfonamides is 1. The number of carbonyl (C=O) groups is 2. The van der Waals surface area contributed by atoms with Crippen molar-refractivity contribution in [1.82, 2.24) is 10.2 Å². The molecule has 0 saturated carbocycles. The van der Waals surface area contributed by atoms with Crippen molar-refractivity contribution < 1.29 is 18.0 Å². The number of hydrogen-bond acceptors (Lipinski definition) is 4. The second-order valence-corrected chi connectivity index (χ2v) is 11.6. The first-order valence-electron chi connectivity index (χ1n) is 12.5. The minimum atomic E-state index is -3.87. The van der Waals surface area contributed by atoms with Gasteiger partial charge in [0.05, 0.1) is 17.0 Å². The molecular formula is C29H34ClN3O4S. The van der Waals surface area contributed by atoms with Gasteiger partial charge in [0.15, 0.2) is 0 Å². The fraction of sp³-hybridized carbons (Fsp3) is 0.310. The summed E-state index contributed by atoms with van der Waals surface area (Å²) in [6, 6.07) is 24.3. The van der Waals surface area contributed by atoms with Crippen LogP contribution in [-0.4, -0.2) is 50.0 Å². The molecule has 2 atom stereocenters. The monoisotopic (exact) mass is 555 g/mol. The van der Waals surface area contributed by atoms with Crippen molar-refractivity contribution in [3.05, 3.63) is 101 Å². The van der Waals surface area contributed by atoms with Crippen molar-refractivity contribution in [1.29, 1.82) is 0 Å². The number of nitrogens with one attached hydrogen (secondary N) is 1. The summed E-state index contributed by atoms with van der Waals surface area (Å²) in [5.41, 5.74) is 1.90. The third-order valence-electron chi connectivity index (χ3n) is 6.27. The van der Waals surface area contributed by atoms with Crippen molar-refractivity contribution in [2.24, 2.45) is 0 Å². The maximum atomic E-state index is 14.0. The van der Waals surface area contributed by atoms with Crippen LogP contribution in [0, 0.1) is 0 Å². The van der Waals surface area contributed by atoms with Gasteiger partial charge in [-0.05, 0) is 36.6 Å². The number of halogens is 1. The van der Waals surface area contributed by atoms with Gasteiger partial charge in [0, 0.05) is 19.0 Å². The number of nitrogens with zero attached hydrogens (tertiary/aromatic N) is 2. The van der Waals surface area contributed by atoms with E-state index in [1.807, 2.05) is 74.5 Å². The Balaban J connectivity index is 2.05. The second-order valence-electron chi connectivity index (χ2n) is 9.25.